The lowest BCUT2D eigenvalue weighted by atomic mass is 10.1. The molecule has 22 heavy (non-hydrogen) atoms. The molecular formula is C16H13N3O2S. The highest BCUT2D eigenvalue weighted by atomic mass is 32.1. The Morgan fingerprint density at radius 3 is 2.82 bits per heavy atom. The third kappa shape index (κ3) is 2.47. The van der Waals surface area contributed by atoms with Crippen LogP contribution in [-0.4, -0.2) is 16.2 Å². The molecule has 1 aromatic carbocycles. The lowest BCUT2D eigenvalue weighted by molar-refractivity contribution is 0.340. The molecule has 0 atom stereocenters. The summed E-state index contributed by atoms with van der Waals surface area (Å²) >= 11 is 1.43. The van der Waals surface area contributed by atoms with Gasteiger partial charge in [0.2, 0.25) is 0 Å². The van der Waals surface area contributed by atoms with Crippen LogP contribution < -0.4 is 10.3 Å². The molecule has 0 spiro atoms. The second kappa shape index (κ2) is 6.00. The fraction of sp³-hybridized carbons (Fsp3) is 0.188. The van der Waals surface area contributed by atoms with E-state index in [0.717, 1.165) is 16.9 Å². The zero-order valence-corrected chi connectivity index (χ0v) is 12.8. The topological polar surface area (TPSA) is 67.9 Å². The maximum absolute atomic E-state index is 12.5. The molecule has 0 radical (unpaired) electrons. The molecule has 0 saturated carbocycles. The van der Waals surface area contributed by atoms with Gasteiger partial charge in [-0.25, -0.2) is 4.98 Å². The Hall–Kier alpha value is -2.65. The summed E-state index contributed by atoms with van der Waals surface area (Å²) < 4.78 is 6.76. The first kappa shape index (κ1) is 14.3. The smallest absolute Gasteiger partial charge is 0.263 e. The molecule has 0 aliphatic rings. The molecule has 2 heterocycles. The quantitative estimate of drug-likeness (QED) is 0.742. The summed E-state index contributed by atoms with van der Waals surface area (Å²) in [6, 6.07) is 9.58. The third-order valence-corrected chi connectivity index (χ3v) is 4.16. The van der Waals surface area contributed by atoms with Gasteiger partial charge >= 0.3 is 0 Å². The minimum atomic E-state index is -0.184. The van der Waals surface area contributed by atoms with E-state index < -0.39 is 0 Å². The average Bonchev–Trinajstić information content (AvgIpc) is 2.96. The van der Waals surface area contributed by atoms with Gasteiger partial charge in [0.1, 0.15) is 23.5 Å². The van der Waals surface area contributed by atoms with Crippen molar-refractivity contribution in [3.8, 4) is 22.9 Å². The Bertz CT molecular complexity index is 904. The summed E-state index contributed by atoms with van der Waals surface area (Å²) in [5.74, 6) is 0.797. The fourth-order valence-corrected chi connectivity index (χ4v) is 3.17. The lowest BCUT2D eigenvalue weighted by Gasteiger charge is -2.05. The normalized spacial score (nSPS) is 10.5. The molecule has 0 unspecified atom stereocenters. The van der Waals surface area contributed by atoms with Crippen molar-refractivity contribution in [3.05, 3.63) is 46.3 Å². The van der Waals surface area contributed by atoms with Crippen LogP contribution in [0, 0.1) is 11.3 Å². The van der Waals surface area contributed by atoms with Gasteiger partial charge in [0, 0.05) is 10.9 Å². The summed E-state index contributed by atoms with van der Waals surface area (Å²) in [4.78, 5) is 17.4. The second-order valence-electron chi connectivity index (χ2n) is 4.62. The Morgan fingerprint density at radius 2 is 2.14 bits per heavy atom. The average molecular weight is 311 g/mol. The Morgan fingerprint density at radius 1 is 1.36 bits per heavy atom. The molecule has 0 bridgehead atoms. The van der Waals surface area contributed by atoms with E-state index in [4.69, 9.17) is 10.00 Å². The molecule has 0 aliphatic carbocycles. The van der Waals surface area contributed by atoms with Crippen molar-refractivity contribution in [1.29, 1.82) is 5.26 Å². The van der Waals surface area contributed by atoms with Gasteiger partial charge in [0.25, 0.3) is 5.56 Å². The molecule has 0 N–H and O–H groups in total. The van der Waals surface area contributed by atoms with Crippen LogP contribution in [0.4, 0.5) is 0 Å². The number of benzene rings is 1. The van der Waals surface area contributed by atoms with Crippen LogP contribution in [0.15, 0.2) is 40.8 Å². The van der Waals surface area contributed by atoms with Gasteiger partial charge < -0.3 is 4.74 Å². The highest BCUT2D eigenvalue weighted by Gasteiger charge is 2.13. The molecular weight excluding hydrogens is 298 g/mol. The van der Waals surface area contributed by atoms with E-state index in [-0.39, 0.29) is 12.1 Å². The van der Waals surface area contributed by atoms with Crippen LogP contribution in [0.25, 0.3) is 21.3 Å². The Labute approximate surface area is 131 Å². The zero-order valence-electron chi connectivity index (χ0n) is 11.9. The molecule has 0 amide bonds. The van der Waals surface area contributed by atoms with Crippen LogP contribution in [0.5, 0.6) is 5.75 Å². The summed E-state index contributed by atoms with van der Waals surface area (Å²) in [6.07, 6.45) is 1.42. The predicted molar refractivity (Wildman–Crippen MR) is 86.1 cm³/mol. The number of hydrogen-bond donors (Lipinski definition) is 0. The summed E-state index contributed by atoms with van der Waals surface area (Å²) in [6.45, 7) is 2.55. The molecule has 110 valence electrons. The maximum atomic E-state index is 12.5. The van der Waals surface area contributed by atoms with Gasteiger partial charge in [-0.2, -0.15) is 5.26 Å². The first-order chi connectivity index (χ1) is 10.7. The zero-order chi connectivity index (χ0) is 15.5. The maximum Gasteiger partial charge on any atom is 0.263 e. The van der Waals surface area contributed by atoms with Crippen molar-refractivity contribution in [2.75, 3.05) is 6.61 Å². The molecule has 2 aromatic heterocycles. The number of hydrogen-bond acceptors (Lipinski definition) is 5. The molecule has 3 rings (SSSR count). The van der Waals surface area contributed by atoms with E-state index in [2.05, 4.69) is 4.98 Å². The first-order valence-electron chi connectivity index (χ1n) is 6.81. The van der Waals surface area contributed by atoms with Crippen molar-refractivity contribution < 1.29 is 4.74 Å². The molecule has 0 saturated heterocycles. The Balaban J connectivity index is 2.13. The largest absolute Gasteiger partial charge is 0.494 e. The third-order valence-electron chi connectivity index (χ3n) is 3.28. The van der Waals surface area contributed by atoms with Gasteiger partial charge in [-0.05, 0) is 24.6 Å². The van der Waals surface area contributed by atoms with Gasteiger partial charge in [0.05, 0.1) is 18.1 Å². The van der Waals surface area contributed by atoms with E-state index in [9.17, 15) is 4.79 Å². The number of nitrogens with zero attached hydrogens (tertiary/aromatic N) is 3. The van der Waals surface area contributed by atoms with Crippen LogP contribution in [0.2, 0.25) is 0 Å². The lowest BCUT2D eigenvalue weighted by Crippen LogP contribution is -2.19. The Kier molecular flexibility index (Phi) is 3.90. The van der Waals surface area contributed by atoms with Crippen molar-refractivity contribution in [2.24, 2.45) is 0 Å². The van der Waals surface area contributed by atoms with Crippen LogP contribution in [0.3, 0.4) is 0 Å². The molecule has 3 aromatic rings. The van der Waals surface area contributed by atoms with Crippen molar-refractivity contribution >= 4 is 21.6 Å². The molecule has 0 aliphatic heterocycles. The van der Waals surface area contributed by atoms with E-state index in [1.165, 1.54) is 22.2 Å². The minimum absolute atomic E-state index is 0.000335. The number of aromatic nitrogens is 2. The monoisotopic (exact) mass is 311 g/mol. The number of fused-ring (bicyclic) bond motifs is 1. The second-order valence-corrected chi connectivity index (χ2v) is 5.48. The predicted octanol–water partition coefficient (Wildman–Crippen LogP) is 3.05. The van der Waals surface area contributed by atoms with E-state index >= 15 is 0 Å². The van der Waals surface area contributed by atoms with Gasteiger partial charge in [0.15, 0.2) is 0 Å². The summed E-state index contributed by atoms with van der Waals surface area (Å²) in [5, 5.41) is 11.3. The van der Waals surface area contributed by atoms with Crippen molar-refractivity contribution in [1.82, 2.24) is 9.55 Å². The molecule has 0 fully saturated rings. The van der Waals surface area contributed by atoms with Crippen LogP contribution in [0.1, 0.15) is 6.92 Å². The van der Waals surface area contributed by atoms with Crippen molar-refractivity contribution in [2.45, 2.75) is 13.5 Å². The SMILES string of the molecule is CCOc1ccc(-c2csc3ncn(CC#N)c(=O)c23)cc1. The number of rotatable bonds is 4. The fourth-order valence-electron chi connectivity index (χ4n) is 2.27. The van der Waals surface area contributed by atoms with E-state index in [0.29, 0.717) is 16.8 Å². The number of thiophene rings is 1. The van der Waals surface area contributed by atoms with Gasteiger partial charge in [-0.1, -0.05) is 12.1 Å². The first-order valence-corrected chi connectivity index (χ1v) is 7.69. The summed E-state index contributed by atoms with van der Waals surface area (Å²) in [7, 11) is 0. The number of nitriles is 1. The minimum Gasteiger partial charge on any atom is -0.494 e. The molecule has 6 heteroatoms. The van der Waals surface area contributed by atoms with Gasteiger partial charge in [-0.15, -0.1) is 11.3 Å². The standard InChI is InChI=1S/C16H13N3O2S/c1-2-21-12-5-3-11(4-6-12)13-9-22-15-14(13)16(20)19(8-7-17)10-18-15/h3-6,9-10H,2,8H2,1H3. The molecule has 5 nitrogen and oxygen atoms in total. The van der Waals surface area contributed by atoms with Crippen molar-refractivity contribution in [3.63, 3.8) is 0 Å². The van der Waals surface area contributed by atoms with E-state index in [1.54, 1.807) is 0 Å². The van der Waals surface area contributed by atoms with Crippen LogP contribution >= 0.6 is 11.3 Å². The van der Waals surface area contributed by atoms with Gasteiger partial charge in [-0.3, -0.25) is 9.36 Å². The number of ether oxygens (including phenoxy) is 1. The van der Waals surface area contributed by atoms with E-state index in [1.807, 2.05) is 42.6 Å². The van der Waals surface area contributed by atoms with Crippen LogP contribution in [-0.2, 0) is 6.54 Å². The highest BCUT2D eigenvalue weighted by molar-refractivity contribution is 7.17. The summed E-state index contributed by atoms with van der Waals surface area (Å²) in [5.41, 5.74) is 1.59. The highest BCUT2D eigenvalue weighted by Crippen LogP contribution is 2.31.